The van der Waals surface area contributed by atoms with Gasteiger partial charge in [0.15, 0.2) is 0 Å². The molecule has 0 aromatic carbocycles. The molecule has 0 saturated carbocycles. The van der Waals surface area contributed by atoms with Crippen molar-refractivity contribution in [3.05, 3.63) is 0 Å². The molecular weight excluding hydrogens is 192 g/mol. The van der Waals surface area contributed by atoms with Gasteiger partial charge in [-0.15, -0.1) is 0 Å². The van der Waals surface area contributed by atoms with Gasteiger partial charge in [0.1, 0.15) is 6.10 Å². The topological polar surface area (TPSA) is 53.3 Å². The molecule has 1 aliphatic rings. The first kappa shape index (κ1) is 12.0. The van der Waals surface area contributed by atoms with E-state index in [-0.39, 0.29) is 23.8 Å². The van der Waals surface area contributed by atoms with Crippen LogP contribution in [-0.4, -0.2) is 37.1 Å². The van der Waals surface area contributed by atoms with Crippen molar-refractivity contribution in [2.75, 3.05) is 20.2 Å². The first-order valence-corrected chi connectivity index (χ1v) is 5.32. The highest BCUT2D eigenvalue weighted by atomic mass is 16.5. The summed E-state index contributed by atoms with van der Waals surface area (Å²) in [5.74, 6) is 0.162. The van der Waals surface area contributed by atoms with E-state index in [2.05, 4.69) is 6.07 Å². The normalized spacial score (nSPS) is 27.1. The van der Waals surface area contributed by atoms with Crippen molar-refractivity contribution < 1.29 is 9.53 Å². The van der Waals surface area contributed by atoms with Crippen LogP contribution in [0.15, 0.2) is 0 Å². The van der Waals surface area contributed by atoms with Gasteiger partial charge in [-0.1, -0.05) is 6.92 Å². The molecule has 1 rings (SSSR count). The van der Waals surface area contributed by atoms with Crippen LogP contribution in [0.2, 0.25) is 0 Å². The van der Waals surface area contributed by atoms with Crippen molar-refractivity contribution in [3.8, 4) is 6.07 Å². The Kier molecular flexibility index (Phi) is 4.10. The van der Waals surface area contributed by atoms with Crippen LogP contribution >= 0.6 is 0 Å². The fourth-order valence-electron chi connectivity index (χ4n) is 1.77. The van der Waals surface area contributed by atoms with Gasteiger partial charge >= 0.3 is 0 Å². The monoisotopic (exact) mass is 210 g/mol. The molecule has 1 heterocycles. The summed E-state index contributed by atoms with van der Waals surface area (Å²) in [6, 6.07) is 2.12. The van der Waals surface area contributed by atoms with Gasteiger partial charge in [0, 0.05) is 20.2 Å². The highest BCUT2D eigenvalue weighted by molar-refractivity contribution is 5.81. The fourth-order valence-corrected chi connectivity index (χ4v) is 1.77. The molecule has 1 saturated heterocycles. The highest BCUT2D eigenvalue weighted by Crippen LogP contribution is 2.21. The van der Waals surface area contributed by atoms with Crippen molar-refractivity contribution >= 4 is 5.91 Å². The minimum atomic E-state index is -0.305. The first-order valence-electron chi connectivity index (χ1n) is 5.32. The minimum Gasteiger partial charge on any atom is -0.368 e. The Morgan fingerprint density at radius 2 is 2.40 bits per heavy atom. The second kappa shape index (κ2) is 5.13. The third-order valence-corrected chi connectivity index (χ3v) is 2.78. The van der Waals surface area contributed by atoms with Crippen LogP contribution in [0.25, 0.3) is 0 Å². The summed E-state index contributed by atoms with van der Waals surface area (Å²) in [5, 5.41) is 8.66. The molecule has 4 nitrogen and oxygen atoms in total. The molecule has 1 aliphatic heterocycles. The third kappa shape index (κ3) is 2.93. The Hall–Kier alpha value is -1.08. The molecule has 15 heavy (non-hydrogen) atoms. The van der Waals surface area contributed by atoms with Crippen LogP contribution in [0.3, 0.4) is 0 Å². The zero-order valence-corrected chi connectivity index (χ0v) is 9.56. The van der Waals surface area contributed by atoms with E-state index in [4.69, 9.17) is 10.00 Å². The number of rotatable bonds is 3. The second-order valence-corrected chi connectivity index (χ2v) is 4.31. The number of hydrogen-bond acceptors (Lipinski definition) is 3. The molecular formula is C11H18N2O2. The molecule has 1 fully saturated rings. The standard InChI is InChI=1S/C11H18N2O2/c1-8(6-12)7-13(3)11(14)10-9(2)4-5-15-10/h8-10H,4-5,7H2,1-3H3. The van der Waals surface area contributed by atoms with E-state index in [0.29, 0.717) is 13.2 Å². The summed E-state index contributed by atoms with van der Waals surface area (Å²) in [6.45, 7) is 4.97. The lowest BCUT2D eigenvalue weighted by Crippen LogP contribution is -2.40. The Bertz CT molecular complexity index is 272. The van der Waals surface area contributed by atoms with Crippen molar-refractivity contribution in [1.82, 2.24) is 4.90 Å². The summed E-state index contributed by atoms with van der Waals surface area (Å²) >= 11 is 0. The number of nitriles is 1. The summed E-state index contributed by atoms with van der Waals surface area (Å²) in [5.41, 5.74) is 0. The second-order valence-electron chi connectivity index (χ2n) is 4.31. The van der Waals surface area contributed by atoms with Crippen molar-refractivity contribution in [2.24, 2.45) is 11.8 Å². The average molecular weight is 210 g/mol. The molecule has 0 aromatic rings. The zero-order valence-electron chi connectivity index (χ0n) is 9.56. The average Bonchev–Trinajstić information content (AvgIpc) is 2.63. The predicted molar refractivity (Wildman–Crippen MR) is 55.9 cm³/mol. The van der Waals surface area contributed by atoms with Gasteiger partial charge in [0.2, 0.25) is 0 Å². The van der Waals surface area contributed by atoms with Gasteiger partial charge < -0.3 is 9.64 Å². The van der Waals surface area contributed by atoms with Crippen LogP contribution in [0.5, 0.6) is 0 Å². The van der Waals surface area contributed by atoms with E-state index >= 15 is 0 Å². The summed E-state index contributed by atoms with van der Waals surface area (Å²) in [7, 11) is 1.73. The van der Waals surface area contributed by atoms with Crippen LogP contribution in [-0.2, 0) is 9.53 Å². The SMILES string of the molecule is CC(C#N)CN(C)C(=O)C1OCCC1C. The van der Waals surface area contributed by atoms with Crippen LogP contribution in [0.1, 0.15) is 20.3 Å². The van der Waals surface area contributed by atoms with Crippen molar-refractivity contribution in [1.29, 1.82) is 5.26 Å². The lowest BCUT2D eigenvalue weighted by atomic mass is 10.0. The van der Waals surface area contributed by atoms with Gasteiger partial charge in [-0.05, 0) is 19.3 Å². The Balaban J connectivity index is 2.49. The zero-order chi connectivity index (χ0) is 11.4. The van der Waals surface area contributed by atoms with Gasteiger partial charge in [0.25, 0.3) is 5.91 Å². The van der Waals surface area contributed by atoms with Crippen molar-refractivity contribution in [3.63, 3.8) is 0 Å². The smallest absolute Gasteiger partial charge is 0.251 e. The predicted octanol–water partition coefficient (Wildman–Crippen LogP) is 1.03. The van der Waals surface area contributed by atoms with E-state index in [1.807, 2.05) is 13.8 Å². The number of carbonyl (C=O) groups is 1. The highest BCUT2D eigenvalue weighted by Gasteiger charge is 2.33. The Morgan fingerprint density at radius 1 is 1.73 bits per heavy atom. The largest absolute Gasteiger partial charge is 0.368 e. The molecule has 4 heteroatoms. The molecule has 0 N–H and O–H groups in total. The molecule has 0 radical (unpaired) electrons. The number of carbonyl (C=O) groups excluding carboxylic acids is 1. The fraction of sp³-hybridized carbons (Fsp3) is 0.818. The van der Waals surface area contributed by atoms with Gasteiger partial charge in [0.05, 0.1) is 12.0 Å². The number of likely N-dealkylation sites (N-methyl/N-ethyl adjacent to an activating group) is 1. The van der Waals surface area contributed by atoms with E-state index in [9.17, 15) is 4.79 Å². The molecule has 84 valence electrons. The third-order valence-electron chi connectivity index (χ3n) is 2.78. The van der Waals surface area contributed by atoms with Crippen LogP contribution in [0.4, 0.5) is 0 Å². The number of ether oxygens (including phenoxy) is 1. The van der Waals surface area contributed by atoms with Gasteiger partial charge in [-0.25, -0.2) is 0 Å². The molecule has 0 aliphatic carbocycles. The lowest BCUT2D eigenvalue weighted by Gasteiger charge is -2.23. The minimum absolute atomic E-state index is 0.00194. The number of hydrogen-bond donors (Lipinski definition) is 0. The van der Waals surface area contributed by atoms with E-state index < -0.39 is 0 Å². The molecule has 0 spiro atoms. The first-order chi connectivity index (χ1) is 7.06. The summed E-state index contributed by atoms with van der Waals surface area (Å²) in [6.07, 6.45) is 0.638. The maximum absolute atomic E-state index is 11.9. The quantitative estimate of drug-likeness (QED) is 0.699. The summed E-state index contributed by atoms with van der Waals surface area (Å²) < 4.78 is 5.39. The van der Waals surface area contributed by atoms with E-state index in [0.717, 1.165) is 6.42 Å². The lowest BCUT2D eigenvalue weighted by molar-refractivity contribution is -0.141. The number of amides is 1. The molecule has 3 unspecified atom stereocenters. The van der Waals surface area contributed by atoms with Gasteiger partial charge in [-0.2, -0.15) is 5.26 Å². The van der Waals surface area contributed by atoms with E-state index in [1.54, 1.807) is 11.9 Å². The molecule has 1 amide bonds. The number of nitrogens with zero attached hydrogens (tertiary/aromatic N) is 2. The van der Waals surface area contributed by atoms with Crippen LogP contribution in [0, 0.1) is 23.2 Å². The van der Waals surface area contributed by atoms with Crippen molar-refractivity contribution in [2.45, 2.75) is 26.4 Å². The Morgan fingerprint density at radius 3 is 2.87 bits per heavy atom. The maximum atomic E-state index is 11.9. The molecule has 3 atom stereocenters. The molecule has 0 aromatic heterocycles. The molecule has 0 bridgehead atoms. The maximum Gasteiger partial charge on any atom is 0.251 e. The van der Waals surface area contributed by atoms with Gasteiger partial charge in [-0.3, -0.25) is 4.79 Å². The van der Waals surface area contributed by atoms with E-state index in [1.165, 1.54) is 0 Å². The Labute approximate surface area is 90.8 Å². The summed E-state index contributed by atoms with van der Waals surface area (Å²) in [4.78, 5) is 13.5. The van der Waals surface area contributed by atoms with Crippen LogP contribution < -0.4 is 0 Å².